The topological polar surface area (TPSA) is 56.7 Å². The SMILES string of the molecule is CCn1c(-c2sc(N)nc2C)nc2cc(F)ccc21. The van der Waals surface area contributed by atoms with E-state index >= 15 is 0 Å². The van der Waals surface area contributed by atoms with Gasteiger partial charge in [-0.2, -0.15) is 0 Å². The van der Waals surface area contributed by atoms with Gasteiger partial charge in [-0.05, 0) is 26.0 Å². The molecule has 0 atom stereocenters. The Morgan fingerprint density at radius 1 is 1.37 bits per heavy atom. The fraction of sp³-hybridized carbons (Fsp3) is 0.231. The van der Waals surface area contributed by atoms with Crippen LogP contribution in [0.25, 0.3) is 21.7 Å². The number of nitrogens with two attached hydrogens (primary N) is 1. The molecule has 6 heteroatoms. The summed E-state index contributed by atoms with van der Waals surface area (Å²) in [4.78, 5) is 9.69. The summed E-state index contributed by atoms with van der Waals surface area (Å²) in [6, 6.07) is 4.66. The highest BCUT2D eigenvalue weighted by Gasteiger charge is 2.16. The van der Waals surface area contributed by atoms with E-state index in [0.29, 0.717) is 10.6 Å². The van der Waals surface area contributed by atoms with Gasteiger partial charge in [0, 0.05) is 12.6 Å². The van der Waals surface area contributed by atoms with Gasteiger partial charge >= 0.3 is 0 Å². The van der Waals surface area contributed by atoms with E-state index < -0.39 is 0 Å². The molecule has 3 aromatic rings. The molecular formula is C13H13FN4S. The number of imidazole rings is 1. The Bertz CT molecular complexity index is 759. The molecule has 0 aliphatic rings. The number of rotatable bonds is 2. The van der Waals surface area contributed by atoms with Crippen molar-refractivity contribution in [3.05, 3.63) is 29.7 Å². The second kappa shape index (κ2) is 4.31. The minimum Gasteiger partial charge on any atom is -0.375 e. The van der Waals surface area contributed by atoms with Crippen molar-refractivity contribution in [2.45, 2.75) is 20.4 Å². The quantitative estimate of drug-likeness (QED) is 0.782. The minimum absolute atomic E-state index is 0.277. The van der Waals surface area contributed by atoms with E-state index in [1.165, 1.54) is 23.5 Å². The lowest BCUT2D eigenvalue weighted by atomic mass is 10.3. The maximum Gasteiger partial charge on any atom is 0.180 e. The fourth-order valence-corrected chi connectivity index (χ4v) is 3.05. The zero-order valence-corrected chi connectivity index (χ0v) is 11.5. The van der Waals surface area contributed by atoms with Crippen molar-refractivity contribution in [2.75, 3.05) is 5.73 Å². The summed E-state index contributed by atoms with van der Waals surface area (Å²) in [7, 11) is 0. The fourth-order valence-electron chi connectivity index (χ4n) is 2.22. The van der Waals surface area contributed by atoms with E-state index in [2.05, 4.69) is 14.5 Å². The van der Waals surface area contributed by atoms with Crippen molar-refractivity contribution < 1.29 is 4.39 Å². The van der Waals surface area contributed by atoms with Crippen LogP contribution in [0.5, 0.6) is 0 Å². The molecule has 0 spiro atoms. The second-order valence-corrected chi connectivity index (χ2v) is 5.31. The summed E-state index contributed by atoms with van der Waals surface area (Å²) in [5.41, 5.74) is 8.17. The molecule has 0 fully saturated rings. The standard InChI is InChI=1S/C13H13FN4S/c1-3-18-10-5-4-8(14)6-9(10)17-12(18)11-7(2)16-13(15)19-11/h4-6H,3H2,1-2H3,(H2,15,16). The molecule has 0 bridgehead atoms. The molecule has 3 rings (SSSR count). The molecule has 19 heavy (non-hydrogen) atoms. The first-order chi connectivity index (χ1) is 9.10. The van der Waals surface area contributed by atoms with Gasteiger partial charge in [-0.25, -0.2) is 14.4 Å². The second-order valence-electron chi connectivity index (χ2n) is 4.28. The van der Waals surface area contributed by atoms with E-state index in [1.807, 2.05) is 13.8 Å². The third-order valence-electron chi connectivity index (χ3n) is 3.04. The average Bonchev–Trinajstić information content (AvgIpc) is 2.88. The molecule has 0 amide bonds. The average molecular weight is 276 g/mol. The molecule has 2 heterocycles. The van der Waals surface area contributed by atoms with Crippen molar-refractivity contribution in [2.24, 2.45) is 0 Å². The van der Waals surface area contributed by atoms with Gasteiger partial charge in [0.2, 0.25) is 0 Å². The number of thiazole rings is 1. The molecule has 0 aliphatic heterocycles. The number of fused-ring (bicyclic) bond motifs is 1. The van der Waals surface area contributed by atoms with Crippen LogP contribution in [0.4, 0.5) is 9.52 Å². The molecule has 0 radical (unpaired) electrons. The Kier molecular flexibility index (Phi) is 2.74. The van der Waals surface area contributed by atoms with Gasteiger partial charge < -0.3 is 10.3 Å². The molecule has 1 aromatic carbocycles. The number of halogens is 1. The smallest absolute Gasteiger partial charge is 0.180 e. The maximum absolute atomic E-state index is 13.3. The van der Waals surface area contributed by atoms with Crippen molar-refractivity contribution in [1.82, 2.24) is 14.5 Å². The van der Waals surface area contributed by atoms with Crippen molar-refractivity contribution >= 4 is 27.5 Å². The Morgan fingerprint density at radius 2 is 2.16 bits per heavy atom. The maximum atomic E-state index is 13.3. The van der Waals surface area contributed by atoms with Gasteiger partial charge in [-0.15, -0.1) is 0 Å². The van der Waals surface area contributed by atoms with E-state index in [0.717, 1.165) is 28.5 Å². The summed E-state index contributed by atoms with van der Waals surface area (Å²) in [5.74, 6) is 0.523. The van der Waals surface area contributed by atoms with Gasteiger partial charge in [-0.1, -0.05) is 11.3 Å². The van der Waals surface area contributed by atoms with Crippen molar-refractivity contribution in [3.8, 4) is 10.7 Å². The number of nitrogen functional groups attached to an aromatic ring is 1. The third kappa shape index (κ3) is 1.88. The van der Waals surface area contributed by atoms with Gasteiger partial charge in [0.15, 0.2) is 11.0 Å². The zero-order valence-electron chi connectivity index (χ0n) is 10.6. The summed E-state index contributed by atoms with van der Waals surface area (Å²) < 4.78 is 15.3. The van der Waals surface area contributed by atoms with Gasteiger partial charge in [0.05, 0.1) is 21.6 Å². The molecule has 0 saturated carbocycles. The number of hydrogen-bond acceptors (Lipinski definition) is 4. The molecule has 2 aromatic heterocycles. The summed E-state index contributed by atoms with van der Waals surface area (Å²) in [5, 5.41) is 0.522. The van der Waals surface area contributed by atoms with Crippen LogP contribution < -0.4 is 5.73 Å². The van der Waals surface area contributed by atoms with E-state index in [9.17, 15) is 4.39 Å². The summed E-state index contributed by atoms with van der Waals surface area (Å²) in [6.45, 7) is 4.70. The van der Waals surface area contributed by atoms with E-state index in [1.54, 1.807) is 6.07 Å². The molecular weight excluding hydrogens is 263 g/mol. The normalized spacial score (nSPS) is 11.3. The number of anilines is 1. The number of hydrogen-bond donors (Lipinski definition) is 1. The molecule has 0 aliphatic carbocycles. The lowest BCUT2D eigenvalue weighted by Crippen LogP contribution is -1.97. The molecule has 4 nitrogen and oxygen atoms in total. The predicted octanol–water partition coefficient (Wildman–Crippen LogP) is 3.21. The Balaban J connectivity index is 2.31. The third-order valence-corrected chi connectivity index (χ3v) is 4.03. The first-order valence-electron chi connectivity index (χ1n) is 5.99. The molecule has 0 unspecified atom stereocenters. The Labute approximate surface area is 113 Å². The monoisotopic (exact) mass is 276 g/mol. The zero-order chi connectivity index (χ0) is 13.6. The molecule has 2 N–H and O–H groups in total. The van der Waals surface area contributed by atoms with Crippen molar-refractivity contribution in [3.63, 3.8) is 0 Å². The van der Waals surface area contributed by atoms with E-state index in [4.69, 9.17) is 5.73 Å². The highest BCUT2D eigenvalue weighted by atomic mass is 32.1. The van der Waals surface area contributed by atoms with Gasteiger partial charge in [-0.3, -0.25) is 0 Å². The van der Waals surface area contributed by atoms with Crippen LogP contribution in [0.15, 0.2) is 18.2 Å². The largest absolute Gasteiger partial charge is 0.375 e. The van der Waals surface area contributed by atoms with Crippen LogP contribution in [0, 0.1) is 12.7 Å². The number of nitrogens with zero attached hydrogens (tertiary/aromatic N) is 3. The highest BCUT2D eigenvalue weighted by Crippen LogP contribution is 2.33. The van der Waals surface area contributed by atoms with Gasteiger partial charge in [0.25, 0.3) is 0 Å². The minimum atomic E-state index is -0.277. The van der Waals surface area contributed by atoms with E-state index in [-0.39, 0.29) is 5.82 Å². The lowest BCUT2D eigenvalue weighted by molar-refractivity contribution is 0.629. The Hall–Kier alpha value is -1.95. The van der Waals surface area contributed by atoms with Crippen LogP contribution in [-0.2, 0) is 6.54 Å². The van der Waals surface area contributed by atoms with Crippen LogP contribution in [0.2, 0.25) is 0 Å². The first kappa shape index (κ1) is 12.1. The number of aromatic nitrogens is 3. The molecule has 98 valence electrons. The number of benzene rings is 1. The van der Waals surface area contributed by atoms with Crippen LogP contribution in [-0.4, -0.2) is 14.5 Å². The molecule has 0 saturated heterocycles. The lowest BCUT2D eigenvalue weighted by Gasteiger charge is -2.04. The van der Waals surface area contributed by atoms with Gasteiger partial charge in [0.1, 0.15) is 5.82 Å². The highest BCUT2D eigenvalue weighted by molar-refractivity contribution is 7.18. The summed E-state index contributed by atoms with van der Waals surface area (Å²) >= 11 is 1.41. The van der Waals surface area contributed by atoms with Crippen molar-refractivity contribution in [1.29, 1.82) is 0 Å². The van der Waals surface area contributed by atoms with Crippen LogP contribution in [0.3, 0.4) is 0 Å². The number of aryl methyl sites for hydroxylation is 2. The predicted molar refractivity (Wildman–Crippen MR) is 75.6 cm³/mol. The first-order valence-corrected chi connectivity index (χ1v) is 6.81. The van der Waals surface area contributed by atoms with Crippen LogP contribution in [0.1, 0.15) is 12.6 Å². The Morgan fingerprint density at radius 3 is 2.79 bits per heavy atom. The van der Waals surface area contributed by atoms with Crippen LogP contribution >= 0.6 is 11.3 Å². The summed E-state index contributed by atoms with van der Waals surface area (Å²) in [6.07, 6.45) is 0.